The van der Waals surface area contributed by atoms with Crippen LogP contribution in [0.5, 0.6) is 0 Å². The Morgan fingerprint density at radius 1 is 0.700 bits per heavy atom. The summed E-state index contributed by atoms with van der Waals surface area (Å²) < 4.78 is 0. The first-order chi connectivity index (χ1) is 13.9. The Labute approximate surface area is 188 Å². The van der Waals surface area contributed by atoms with E-state index in [1.54, 1.807) is 0 Å². The molecule has 0 spiro atoms. The maximum absolute atomic E-state index is 2.76. The van der Waals surface area contributed by atoms with E-state index in [4.69, 9.17) is 0 Å². The van der Waals surface area contributed by atoms with Crippen molar-refractivity contribution in [1.82, 2.24) is 0 Å². The molecular formula is C30H50. The van der Waals surface area contributed by atoms with Gasteiger partial charge in [-0.25, -0.2) is 0 Å². The van der Waals surface area contributed by atoms with Crippen LogP contribution in [0.15, 0.2) is 11.1 Å². The van der Waals surface area contributed by atoms with Crippen molar-refractivity contribution in [2.24, 2.45) is 50.7 Å². The molecule has 0 radical (unpaired) electrons. The zero-order valence-corrected chi connectivity index (χ0v) is 21.6. The third-order valence-corrected chi connectivity index (χ3v) is 12.9. The Morgan fingerprint density at radius 3 is 2.13 bits per heavy atom. The molecule has 7 atom stereocenters. The maximum atomic E-state index is 2.76. The van der Waals surface area contributed by atoms with Gasteiger partial charge in [-0.2, -0.15) is 0 Å². The minimum absolute atomic E-state index is 0.464. The standard InChI is InChI=1S/C30H50/c1-20(2)21-10-13-25-28(21,6)18-19-29(7)23-11-12-24-26(3,4)15-9-16-27(24,5)22(23)14-17-30(25,29)8/h20-21,24-25H,9-19H2,1-8H3/t21-,24?,25?,27-,28-,29-,30+/m1/s1. The van der Waals surface area contributed by atoms with E-state index in [-0.39, 0.29) is 0 Å². The van der Waals surface area contributed by atoms with E-state index in [1.165, 1.54) is 70.6 Å². The number of allylic oxidation sites excluding steroid dienone is 2. The first kappa shape index (κ1) is 21.6. The van der Waals surface area contributed by atoms with Crippen LogP contribution in [0.1, 0.15) is 126 Å². The molecule has 0 heterocycles. The molecule has 0 nitrogen and oxygen atoms in total. The van der Waals surface area contributed by atoms with Crippen LogP contribution in [0, 0.1) is 50.7 Å². The Kier molecular flexibility index (Phi) is 4.61. The summed E-state index contributed by atoms with van der Waals surface area (Å²) in [7, 11) is 0. The lowest BCUT2D eigenvalue weighted by atomic mass is 9.37. The predicted molar refractivity (Wildman–Crippen MR) is 129 cm³/mol. The fourth-order valence-electron chi connectivity index (χ4n) is 11.3. The molecule has 0 aliphatic heterocycles. The van der Waals surface area contributed by atoms with E-state index in [0.717, 1.165) is 23.7 Å². The molecule has 0 aromatic carbocycles. The molecule has 0 N–H and O–H groups in total. The van der Waals surface area contributed by atoms with Gasteiger partial charge in [0.05, 0.1) is 0 Å². The predicted octanol–water partition coefficient (Wildman–Crippen LogP) is 9.20. The number of fused-ring (bicyclic) bond motifs is 6. The highest BCUT2D eigenvalue weighted by Crippen LogP contribution is 2.75. The van der Waals surface area contributed by atoms with E-state index in [1.807, 2.05) is 11.1 Å². The highest BCUT2D eigenvalue weighted by molar-refractivity contribution is 5.38. The van der Waals surface area contributed by atoms with Gasteiger partial charge in [0.25, 0.3) is 0 Å². The quantitative estimate of drug-likeness (QED) is 0.378. The second kappa shape index (κ2) is 6.41. The summed E-state index contributed by atoms with van der Waals surface area (Å²) in [6.45, 7) is 21.1. The minimum atomic E-state index is 0.464. The molecule has 5 aliphatic carbocycles. The first-order valence-corrected chi connectivity index (χ1v) is 13.6. The zero-order valence-electron chi connectivity index (χ0n) is 21.6. The minimum Gasteiger partial charge on any atom is -0.0642 e. The van der Waals surface area contributed by atoms with Crippen molar-refractivity contribution in [3.63, 3.8) is 0 Å². The summed E-state index contributed by atoms with van der Waals surface area (Å²) in [5.41, 5.74) is 6.58. The second-order valence-electron chi connectivity index (χ2n) is 14.5. The molecule has 0 aromatic rings. The summed E-state index contributed by atoms with van der Waals surface area (Å²) in [5.74, 6) is 3.66. The van der Waals surface area contributed by atoms with Crippen molar-refractivity contribution in [1.29, 1.82) is 0 Å². The third kappa shape index (κ3) is 2.46. The van der Waals surface area contributed by atoms with Gasteiger partial charge in [0, 0.05) is 0 Å². The Morgan fingerprint density at radius 2 is 1.43 bits per heavy atom. The number of hydrogen-bond acceptors (Lipinski definition) is 0. The van der Waals surface area contributed by atoms with Crippen LogP contribution in [-0.2, 0) is 0 Å². The van der Waals surface area contributed by atoms with Crippen LogP contribution in [0.3, 0.4) is 0 Å². The Bertz CT molecular complexity index is 754. The molecule has 3 saturated carbocycles. The fourth-order valence-corrected chi connectivity index (χ4v) is 11.3. The average molecular weight is 411 g/mol. The van der Waals surface area contributed by atoms with Crippen LogP contribution < -0.4 is 0 Å². The molecule has 0 bridgehead atoms. The highest BCUT2D eigenvalue weighted by atomic mass is 14.7. The van der Waals surface area contributed by atoms with Crippen LogP contribution >= 0.6 is 0 Å². The summed E-state index contributed by atoms with van der Waals surface area (Å²) in [6.07, 6.45) is 16.1. The topological polar surface area (TPSA) is 0 Å². The van der Waals surface area contributed by atoms with Crippen molar-refractivity contribution in [2.45, 2.75) is 126 Å². The van der Waals surface area contributed by atoms with E-state index in [0.29, 0.717) is 27.1 Å². The van der Waals surface area contributed by atoms with Gasteiger partial charge in [0.1, 0.15) is 0 Å². The SMILES string of the molecule is CC(C)[C@H]1CCC2[C@]1(C)CC[C@]1(C)C3=C(CC[C@@]21C)[C@@]1(C)CCCC(C)(C)C1CC3. The lowest BCUT2D eigenvalue weighted by molar-refractivity contribution is -0.116. The molecule has 2 unspecified atom stereocenters. The molecule has 0 amide bonds. The molecule has 170 valence electrons. The van der Waals surface area contributed by atoms with Crippen LogP contribution in [0.4, 0.5) is 0 Å². The van der Waals surface area contributed by atoms with Crippen molar-refractivity contribution < 1.29 is 0 Å². The lowest BCUT2D eigenvalue weighted by Gasteiger charge is -2.67. The van der Waals surface area contributed by atoms with Crippen molar-refractivity contribution in [3.8, 4) is 0 Å². The normalized spacial score (nSPS) is 52.5. The summed E-state index contributed by atoms with van der Waals surface area (Å²) >= 11 is 0. The second-order valence-corrected chi connectivity index (χ2v) is 14.5. The van der Waals surface area contributed by atoms with Gasteiger partial charge in [0.15, 0.2) is 0 Å². The van der Waals surface area contributed by atoms with Gasteiger partial charge >= 0.3 is 0 Å². The Hall–Kier alpha value is -0.260. The van der Waals surface area contributed by atoms with Gasteiger partial charge in [-0.1, -0.05) is 73.0 Å². The first-order valence-electron chi connectivity index (χ1n) is 13.6. The van der Waals surface area contributed by atoms with E-state index in [2.05, 4.69) is 55.4 Å². The summed E-state index contributed by atoms with van der Waals surface area (Å²) in [6, 6.07) is 0. The van der Waals surface area contributed by atoms with E-state index < -0.39 is 0 Å². The fraction of sp³-hybridized carbons (Fsp3) is 0.933. The van der Waals surface area contributed by atoms with E-state index >= 15 is 0 Å². The van der Waals surface area contributed by atoms with Crippen LogP contribution in [0.25, 0.3) is 0 Å². The molecule has 0 saturated heterocycles. The molecule has 0 heteroatoms. The van der Waals surface area contributed by atoms with Gasteiger partial charge in [-0.15, -0.1) is 0 Å². The average Bonchev–Trinajstić information content (AvgIpc) is 3.01. The van der Waals surface area contributed by atoms with Gasteiger partial charge in [-0.05, 0) is 115 Å². The van der Waals surface area contributed by atoms with Gasteiger partial charge in [-0.3, -0.25) is 0 Å². The van der Waals surface area contributed by atoms with Crippen molar-refractivity contribution in [2.75, 3.05) is 0 Å². The van der Waals surface area contributed by atoms with Crippen molar-refractivity contribution >= 4 is 0 Å². The smallest absolute Gasteiger partial charge is 0.00566 e. The molecule has 30 heavy (non-hydrogen) atoms. The lowest BCUT2D eigenvalue weighted by Crippen LogP contribution is -2.58. The largest absolute Gasteiger partial charge is 0.0642 e. The van der Waals surface area contributed by atoms with Crippen LogP contribution in [0.2, 0.25) is 0 Å². The van der Waals surface area contributed by atoms with Gasteiger partial charge < -0.3 is 0 Å². The van der Waals surface area contributed by atoms with Gasteiger partial charge in [0.2, 0.25) is 0 Å². The molecule has 5 rings (SSSR count). The number of rotatable bonds is 1. The summed E-state index contributed by atoms with van der Waals surface area (Å²) in [5, 5.41) is 0. The monoisotopic (exact) mass is 410 g/mol. The van der Waals surface area contributed by atoms with Crippen LogP contribution in [-0.4, -0.2) is 0 Å². The molecule has 3 fully saturated rings. The maximum Gasteiger partial charge on any atom is -0.00566 e. The molecule has 0 aromatic heterocycles. The molecular weight excluding hydrogens is 360 g/mol. The van der Waals surface area contributed by atoms with Crippen molar-refractivity contribution in [3.05, 3.63) is 11.1 Å². The third-order valence-electron chi connectivity index (χ3n) is 12.9. The number of hydrogen-bond donors (Lipinski definition) is 0. The Balaban J connectivity index is 1.58. The molecule has 5 aliphatic rings. The summed E-state index contributed by atoms with van der Waals surface area (Å²) in [4.78, 5) is 0. The highest BCUT2D eigenvalue weighted by Gasteiger charge is 2.66. The van der Waals surface area contributed by atoms with E-state index in [9.17, 15) is 0 Å². The zero-order chi connectivity index (χ0) is 21.7.